The summed E-state index contributed by atoms with van der Waals surface area (Å²) in [6, 6.07) is 24.4. The summed E-state index contributed by atoms with van der Waals surface area (Å²) < 4.78 is 6.61. The van der Waals surface area contributed by atoms with E-state index in [1.165, 1.54) is 21.4 Å². The lowest BCUT2D eigenvalue weighted by Gasteiger charge is -2.14. The summed E-state index contributed by atoms with van der Waals surface area (Å²) in [5.41, 5.74) is 9.92. The molecule has 0 aliphatic rings. The van der Waals surface area contributed by atoms with Gasteiger partial charge in [-0.25, -0.2) is 9.47 Å². The molecule has 0 unspecified atom stereocenters. The van der Waals surface area contributed by atoms with Crippen molar-refractivity contribution in [2.24, 2.45) is 0 Å². The second-order valence-electron chi connectivity index (χ2n) is 10.5. The van der Waals surface area contributed by atoms with Gasteiger partial charge in [0.05, 0.1) is 6.42 Å². The molecule has 0 aliphatic carbocycles. The number of benzene rings is 3. The normalized spacial score (nSPS) is 10.6. The zero-order valence-electron chi connectivity index (χ0n) is 24.7. The van der Waals surface area contributed by atoms with Gasteiger partial charge in [-0.2, -0.15) is 0 Å². The highest BCUT2D eigenvalue weighted by Gasteiger charge is 2.13. The molecule has 9 heteroatoms. The van der Waals surface area contributed by atoms with E-state index >= 15 is 0 Å². The first-order valence-electron chi connectivity index (χ1n) is 14.1. The lowest BCUT2D eigenvalue weighted by molar-refractivity contribution is -0.120. The highest BCUT2D eigenvalue weighted by molar-refractivity contribution is 6.04. The Morgan fingerprint density at radius 2 is 1.63 bits per heavy atom. The Morgan fingerprint density at radius 3 is 2.37 bits per heavy atom. The van der Waals surface area contributed by atoms with Crippen LogP contribution in [0.15, 0.2) is 89.9 Å². The number of pyridine rings is 1. The third kappa shape index (κ3) is 8.90. The number of amidine groups is 1. The van der Waals surface area contributed by atoms with Gasteiger partial charge in [0.2, 0.25) is 5.91 Å². The molecule has 3 aromatic carbocycles. The lowest BCUT2D eigenvalue weighted by atomic mass is 10.0. The molecule has 0 spiro atoms. The highest BCUT2D eigenvalue weighted by atomic mass is 16.5. The maximum absolute atomic E-state index is 13.1. The monoisotopic (exact) mass is 579 g/mol. The molecule has 43 heavy (non-hydrogen) atoms. The molecular formula is C34H37N5O4. The fourth-order valence-electron chi connectivity index (χ4n) is 4.54. The largest absolute Gasteiger partial charge is 0.444 e. The number of nitrogens with one attached hydrogen (secondary N) is 4. The summed E-state index contributed by atoms with van der Waals surface area (Å²) >= 11 is 0. The van der Waals surface area contributed by atoms with E-state index in [2.05, 4.69) is 48.1 Å². The number of alkyl carbamates (subject to hydrolysis) is 1. The second kappa shape index (κ2) is 14.6. The number of carbonyl (C=O) groups excluding carboxylic acids is 2. The minimum Gasteiger partial charge on any atom is -0.444 e. The van der Waals surface area contributed by atoms with E-state index in [4.69, 9.17) is 10.1 Å². The molecular weight excluding hydrogens is 542 g/mol. The van der Waals surface area contributed by atoms with E-state index in [1.54, 1.807) is 30.5 Å². The number of aromatic nitrogens is 1. The first-order valence-corrected chi connectivity index (χ1v) is 14.1. The van der Waals surface area contributed by atoms with Crippen LogP contribution in [0.25, 0.3) is 0 Å². The molecule has 0 atom stereocenters. The molecule has 9 nitrogen and oxygen atoms in total. The number of rotatable bonds is 11. The smallest absolute Gasteiger partial charge is 0.413 e. The van der Waals surface area contributed by atoms with Gasteiger partial charge >= 0.3 is 6.09 Å². The van der Waals surface area contributed by atoms with E-state index in [-0.39, 0.29) is 36.9 Å². The third-order valence-electron chi connectivity index (χ3n) is 7.12. The van der Waals surface area contributed by atoms with Crippen molar-refractivity contribution >= 4 is 17.8 Å². The van der Waals surface area contributed by atoms with Crippen LogP contribution in [0.2, 0.25) is 0 Å². The van der Waals surface area contributed by atoms with Gasteiger partial charge in [-0.1, -0.05) is 78.4 Å². The Morgan fingerprint density at radius 1 is 0.884 bits per heavy atom. The molecule has 0 saturated carbocycles. The lowest BCUT2D eigenvalue weighted by Crippen LogP contribution is -2.35. The van der Waals surface area contributed by atoms with Gasteiger partial charge in [-0.15, -0.1) is 0 Å². The Balaban J connectivity index is 1.25. The van der Waals surface area contributed by atoms with Crippen molar-refractivity contribution < 1.29 is 14.3 Å². The first-order chi connectivity index (χ1) is 20.7. The van der Waals surface area contributed by atoms with Crippen molar-refractivity contribution in [3.63, 3.8) is 0 Å². The Labute approximate surface area is 251 Å². The van der Waals surface area contributed by atoms with Crippen LogP contribution in [0.1, 0.15) is 44.5 Å². The second-order valence-corrected chi connectivity index (χ2v) is 10.5. The van der Waals surface area contributed by atoms with Crippen LogP contribution in [-0.4, -0.2) is 29.1 Å². The predicted molar refractivity (Wildman–Crippen MR) is 168 cm³/mol. The first kappa shape index (κ1) is 30.8. The van der Waals surface area contributed by atoms with Crippen LogP contribution in [-0.2, 0) is 35.5 Å². The standard InChI is InChI=1S/C34H37N5O4/c1-23-9-10-24(2)29(19-23)15-17-37-39-18-16-25(3)30(33(39)41)20-31(40)36-21-26-11-13-28(14-12-26)32(35)38-34(42)43-22-27-7-5-4-6-8-27/h4-14,16,18-19,37H,15,17,20-22H2,1-3H3,(H,36,40)(H2,35,38,42). The Hall–Kier alpha value is -5.18. The van der Waals surface area contributed by atoms with Gasteiger partial charge in [-0.3, -0.25) is 20.3 Å². The molecule has 0 fully saturated rings. The SMILES string of the molecule is Cc1ccc(C)c(CCNn2ccc(C)c(CC(=O)NCc3ccc(C(=N)NC(=O)OCc4ccccc4)cc3)c2=O)c1. The van der Waals surface area contributed by atoms with E-state index in [0.29, 0.717) is 17.7 Å². The molecule has 0 aliphatic heterocycles. The van der Waals surface area contributed by atoms with Gasteiger partial charge in [0, 0.05) is 30.4 Å². The molecule has 0 saturated heterocycles. The van der Waals surface area contributed by atoms with Gasteiger partial charge < -0.3 is 15.5 Å². The molecule has 1 heterocycles. The number of hydrogen-bond acceptors (Lipinski definition) is 6. The summed E-state index contributed by atoms with van der Waals surface area (Å²) in [6.07, 6.45) is 1.72. The van der Waals surface area contributed by atoms with E-state index in [9.17, 15) is 14.4 Å². The average molecular weight is 580 g/mol. The van der Waals surface area contributed by atoms with E-state index in [0.717, 1.165) is 23.1 Å². The van der Waals surface area contributed by atoms with Crippen LogP contribution in [0, 0.1) is 26.2 Å². The number of nitrogens with zero attached hydrogens (tertiary/aromatic N) is 1. The van der Waals surface area contributed by atoms with Crippen LogP contribution in [0.3, 0.4) is 0 Å². The molecule has 4 rings (SSSR count). The van der Waals surface area contributed by atoms with Crippen molar-refractivity contribution in [1.29, 1.82) is 5.41 Å². The van der Waals surface area contributed by atoms with Crippen molar-refractivity contribution in [3.05, 3.63) is 140 Å². The van der Waals surface area contributed by atoms with Crippen molar-refractivity contribution in [1.82, 2.24) is 15.3 Å². The Kier molecular flexibility index (Phi) is 10.5. The minimum atomic E-state index is -0.711. The van der Waals surface area contributed by atoms with Crippen LogP contribution >= 0.6 is 0 Å². The molecule has 4 N–H and O–H groups in total. The van der Waals surface area contributed by atoms with E-state index in [1.807, 2.05) is 43.3 Å². The van der Waals surface area contributed by atoms with Crippen LogP contribution in [0.5, 0.6) is 0 Å². The average Bonchev–Trinajstić information content (AvgIpc) is 3.00. The van der Waals surface area contributed by atoms with Crippen molar-refractivity contribution in [2.45, 2.75) is 46.8 Å². The van der Waals surface area contributed by atoms with Crippen molar-refractivity contribution in [3.8, 4) is 0 Å². The van der Waals surface area contributed by atoms with Crippen molar-refractivity contribution in [2.75, 3.05) is 12.0 Å². The maximum atomic E-state index is 13.1. The van der Waals surface area contributed by atoms with Crippen LogP contribution in [0.4, 0.5) is 4.79 Å². The fraction of sp³-hybridized carbons (Fsp3) is 0.235. The molecule has 0 radical (unpaired) electrons. The summed E-state index contributed by atoms with van der Waals surface area (Å²) in [5.74, 6) is -0.361. The van der Waals surface area contributed by atoms with Crippen LogP contribution < -0.4 is 21.6 Å². The minimum absolute atomic E-state index is 0.0398. The maximum Gasteiger partial charge on any atom is 0.413 e. The third-order valence-corrected chi connectivity index (χ3v) is 7.12. The quantitative estimate of drug-likeness (QED) is 0.152. The molecule has 0 bridgehead atoms. The number of amides is 2. The summed E-state index contributed by atoms with van der Waals surface area (Å²) in [5, 5.41) is 13.4. The molecule has 4 aromatic rings. The fourth-order valence-corrected chi connectivity index (χ4v) is 4.54. The summed E-state index contributed by atoms with van der Waals surface area (Å²) in [4.78, 5) is 37.9. The molecule has 2 amide bonds. The topological polar surface area (TPSA) is 125 Å². The molecule has 1 aromatic heterocycles. The van der Waals surface area contributed by atoms with Gasteiger partial charge in [-0.05, 0) is 61.1 Å². The highest BCUT2D eigenvalue weighted by Crippen LogP contribution is 2.11. The summed E-state index contributed by atoms with van der Waals surface area (Å²) in [6.45, 7) is 6.91. The summed E-state index contributed by atoms with van der Waals surface area (Å²) in [7, 11) is 0. The number of ether oxygens (including phenoxy) is 1. The number of aryl methyl sites for hydroxylation is 3. The predicted octanol–water partition coefficient (Wildman–Crippen LogP) is 4.67. The van der Waals surface area contributed by atoms with E-state index < -0.39 is 6.09 Å². The number of hydrogen-bond donors (Lipinski definition) is 4. The Bertz CT molecular complexity index is 1650. The van der Waals surface area contributed by atoms with Gasteiger partial charge in [0.1, 0.15) is 12.4 Å². The number of carbonyl (C=O) groups is 2. The van der Waals surface area contributed by atoms with Gasteiger partial charge in [0.25, 0.3) is 5.56 Å². The van der Waals surface area contributed by atoms with Gasteiger partial charge in [0.15, 0.2) is 0 Å². The molecule has 222 valence electrons. The zero-order valence-corrected chi connectivity index (χ0v) is 24.7. The zero-order chi connectivity index (χ0) is 30.8.